The Hall–Kier alpha value is -0.870. The second-order valence-corrected chi connectivity index (χ2v) is 4.52. The third-order valence-corrected chi connectivity index (χ3v) is 3.40. The van der Waals surface area contributed by atoms with Gasteiger partial charge in [0.25, 0.3) is 0 Å². The van der Waals surface area contributed by atoms with Gasteiger partial charge in [0.05, 0.1) is 6.10 Å². The largest absolute Gasteiger partial charge is 0.376 e. The van der Waals surface area contributed by atoms with Crippen molar-refractivity contribution in [1.29, 1.82) is 5.41 Å². The van der Waals surface area contributed by atoms with E-state index in [0.717, 1.165) is 31.7 Å². The Morgan fingerprint density at radius 1 is 1.35 bits per heavy atom. The summed E-state index contributed by atoms with van der Waals surface area (Å²) in [5, 5.41) is 8.12. The van der Waals surface area contributed by atoms with Gasteiger partial charge in [-0.3, -0.25) is 5.41 Å². The summed E-state index contributed by atoms with van der Waals surface area (Å²) in [5.41, 5.74) is 2.35. The van der Waals surface area contributed by atoms with E-state index in [-0.39, 0.29) is 17.0 Å². The van der Waals surface area contributed by atoms with Gasteiger partial charge >= 0.3 is 0 Å². The maximum Gasteiger partial charge on any atom is 0.128 e. The molecule has 1 saturated heterocycles. The van der Waals surface area contributed by atoms with Crippen LogP contribution in [-0.4, -0.2) is 30.0 Å². The molecule has 3 nitrogen and oxygen atoms in total. The summed E-state index contributed by atoms with van der Waals surface area (Å²) in [4.78, 5) is 2.13. The molecular formula is C13H17BrN2O. The van der Waals surface area contributed by atoms with Crippen molar-refractivity contribution in [2.45, 2.75) is 25.5 Å². The number of hydrogen-bond acceptors (Lipinski definition) is 2. The van der Waals surface area contributed by atoms with Crippen molar-refractivity contribution in [3.8, 4) is 0 Å². The molecule has 1 N–H and O–H groups in total. The molecule has 0 aromatic heterocycles. The molecule has 3 rings (SSSR count). The normalized spacial score (nSPS) is 22.5. The van der Waals surface area contributed by atoms with Gasteiger partial charge in [-0.05, 0) is 18.4 Å². The molecule has 0 aliphatic carbocycles. The number of nitrogens with zero attached hydrogens (tertiary/aromatic N) is 1. The Labute approximate surface area is 112 Å². The highest BCUT2D eigenvalue weighted by Gasteiger charge is 2.27. The van der Waals surface area contributed by atoms with Crippen molar-refractivity contribution < 1.29 is 4.74 Å². The summed E-state index contributed by atoms with van der Waals surface area (Å²) in [6.07, 6.45) is 2.63. The van der Waals surface area contributed by atoms with E-state index in [1.165, 1.54) is 12.0 Å². The number of ether oxygens (including phenoxy) is 1. The van der Waals surface area contributed by atoms with Crippen LogP contribution in [0.3, 0.4) is 0 Å². The summed E-state index contributed by atoms with van der Waals surface area (Å²) in [5.74, 6) is 0.658. The van der Waals surface area contributed by atoms with Crippen molar-refractivity contribution in [3.05, 3.63) is 35.4 Å². The number of hydrogen-bond donors (Lipinski definition) is 1. The molecule has 2 aliphatic rings. The van der Waals surface area contributed by atoms with Gasteiger partial charge in [-0.2, -0.15) is 0 Å². The Kier molecular flexibility index (Phi) is 3.84. The molecule has 4 heteroatoms. The standard InChI is InChI=1S/C13H16N2O.BrH/c14-13-12-6-2-1-4-10(12)8-15(13)9-11-5-3-7-16-11;/h1-2,4,6,11,14H,3,5,7-9H2;1H. The summed E-state index contributed by atoms with van der Waals surface area (Å²) in [7, 11) is 0. The summed E-state index contributed by atoms with van der Waals surface area (Å²) in [6, 6.07) is 8.19. The van der Waals surface area contributed by atoms with Gasteiger partial charge in [0, 0.05) is 25.3 Å². The molecular weight excluding hydrogens is 280 g/mol. The number of amidine groups is 1. The zero-order valence-electron chi connectivity index (χ0n) is 9.69. The summed E-state index contributed by atoms with van der Waals surface area (Å²) < 4.78 is 5.62. The van der Waals surface area contributed by atoms with Gasteiger partial charge in [-0.25, -0.2) is 0 Å². The Morgan fingerprint density at radius 3 is 2.88 bits per heavy atom. The van der Waals surface area contributed by atoms with E-state index >= 15 is 0 Å². The Morgan fingerprint density at radius 2 is 2.18 bits per heavy atom. The Balaban J connectivity index is 0.00000108. The SMILES string of the molecule is Br.N=C1c2ccccc2CN1CC1CCCO1. The number of fused-ring (bicyclic) bond motifs is 1. The summed E-state index contributed by atoms with van der Waals surface area (Å²) >= 11 is 0. The molecule has 0 radical (unpaired) electrons. The van der Waals surface area contributed by atoms with Crippen LogP contribution >= 0.6 is 17.0 Å². The molecule has 1 atom stereocenters. The van der Waals surface area contributed by atoms with Gasteiger partial charge in [-0.15, -0.1) is 17.0 Å². The fourth-order valence-electron chi connectivity index (χ4n) is 2.53. The van der Waals surface area contributed by atoms with Gasteiger partial charge in [0.15, 0.2) is 0 Å². The van der Waals surface area contributed by atoms with Crippen molar-refractivity contribution in [2.24, 2.45) is 0 Å². The molecule has 1 fully saturated rings. The third-order valence-electron chi connectivity index (χ3n) is 3.40. The molecule has 0 spiro atoms. The maximum absolute atomic E-state index is 8.12. The molecule has 2 aliphatic heterocycles. The van der Waals surface area contributed by atoms with E-state index in [4.69, 9.17) is 10.1 Å². The molecule has 92 valence electrons. The monoisotopic (exact) mass is 296 g/mol. The zero-order chi connectivity index (χ0) is 11.0. The van der Waals surface area contributed by atoms with Crippen LogP contribution in [0.15, 0.2) is 24.3 Å². The van der Waals surface area contributed by atoms with Crippen LogP contribution in [0.4, 0.5) is 0 Å². The minimum Gasteiger partial charge on any atom is -0.376 e. The molecule has 2 heterocycles. The fraction of sp³-hybridized carbons (Fsp3) is 0.462. The molecule has 0 bridgehead atoms. The Bertz CT molecular complexity index is 416. The van der Waals surface area contributed by atoms with Gasteiger partial charge < -0.3 is 9.64 Å². The fourth-order valence-corrected chi connectivity index (χ4v) is 2.53. The molecule has 17 heavy (non-hydrogen) atoms. The first-order valence-electron chi connectivity index (χ1n) is 5.88. The second-order valence-electron chi connectivity index (χ2n) is 4.52. The van der Waals surface area contributed by atoms with Crippen LogP contribution in [0, 0.1) is 5.41 Å². The lowest BCUT2D eigenvalue weighted by atomic mass is 10.1. The minimum absolute atomic E-state index is 0. The average molecular weight is 297 g/mol. The zero-order valence-corrected chi connectivity index (χ0v) is 11.4. The molecule has 0 amide bonds. The van der Waals surface area contributed by atoms with Gasteiger partial charge in [0.2, 0.25) is 0 Å². The van der Waals surface area contributed by atoms with Crippen LogP contribution in [0.1, 0.15) is 24.0 Å². The van der Waals surface area contributed by atoms with E-state index in [1.807, 2.05) is 18.2 Å². The summed E-state index contributed by atoms with van der Waals surface area (Å²) in [6.45, 7) is 2.63. The molecule has 1 unspecified atom stereocenters. The highest BCUT2D eigenvalue weighted by Crippen LogP contribution is 2.24. The number of nitrogens with one attached hydrogen (secondary N) is 1. The predicted octanol–water partition coefficient (Wildman–Crippen LogP) is 2.58. The molecule has 0 saturated carbocycles. The number of halogens is 1. The van der Waals surface area contributed by atoms with Crippen LogP contribution in [-0.2, 0) is 11.3 Å². The first-order chi connectivity index (χ1) is 7.84. The van der Waals surface area contributed by atoms with Crippen molar-refractivity contribution >= 4 is 22.8 Å². The van der Waals surface area contributed by atoms with Crippen LogP contribution < -0.4 is 0 Å². The second kappa shape index (κ2) is 5.19. The number of benzene rings is 1. The van der Waals surface area contributed by atoms with Crippen LogP contribution in [0.25, 0.3) is 0 Å². The van der Waals surface area contributed by atoms with E-state index in [9.17, 15) is 0 Å². The van der Waals surface area contributed by atoms with Crippen molar-refractivity contribution in [3.63, 3.8) is 0 Å². The average Bonchev–Trinajstić information content (AvgIpc) is 2.90. The van der Waals surface area contributed by atoms with E-state index < -0.39 is 0 Å². The topological polar surface area (TPSA) is 36.3 Å². The maximum atomic E-state index is 8.12. The lowest BCUT2D eigenvalue weighted by Gasteiger charge is -2.21. The van der Waals surface area contributed by atoms with Crippen LogP contribution in [0.2, 0.25) is 0 Å². The van der Waals surface area contributed by atoms with Crippen LogP contribution in [0.5, 0.6) is 0 Å². The van der Waals surface area contributed by atoms with Crippen molar-refractivity contribution in [2.75, 3.05) is 13.2 Å². The quantitative estimate of drug-likeness (QED) is 0.911. The molecule has 1 aromatic rings. The van der Waals surface area contributed by atoms with E-state index in [1.54, 1.807) is 0 Å². The van der Waals surface area contributed by atoms with E-state index in [2.05, 4.69) is 11.0 Å². The lowest BCUT2D eigenvalue weighted by Crippen LogP contribution is -2.32. The first-order valence-corrected chi connectivity index (χ1v) is 5.88. The highest BCUT2D eigenvalue weighted by atomic mass is 79.9. The first kappa shape index (κ1) is 12.6. The minimum atomic E-state index is 0. The lowest BCUT2D eigenvalue weighted by molar-refractivity contribution is 0.0911. The number of rotatable bonds is 2. The highest BCUT2D eigenvalue weighted by molar-refractivity contribution is 8.93. The predicted molar refractivity (Wildman–Crippen MR) is 73.0 cm³/mol. The molecule has 1 aromatic carbocycles. The van der Waals surface area contributed by atoms with Gasteiger partial charge in [0.1, 0.15) is 5.84 Å². The van der Waals surface area contributed by atoms with Gasteiger partial charge in [-0.1, -0.05) is 24.3 Å². The van der Waals surface area contributed by atoms with Crippen molar-refractivity contribution in [1.82, 2.24) is 4.90 Å². The van der Waals surface area contributed by atoms with E-state index in [0.29, 0.717) is 11.9 Å². The third kappa shape index (κ3) is 2.38. The smallest absolute Gasteiger partial charge is 0.128 e.